The van der Waals surface area contributed by atoms with Crippen molar-refractivity contribution in [3.05, 3.63) is 120 Å². The van der Waals surface area contributed by atoms with Crippen molar-refractivity contribution >= 4 is 29.1 Å². The largest absolute Gasteiger partial charge is 0.496 e. The summed E-state index contributed by atoms with van der Waals surface area (Å²) in [7, 11) is 1.41. The number of benzene rings is 2. The van der Waals surface area contributed by atoms with Crippen LogP contribution < -0.4 is 24.4 Å². The third-order valence-corrected chi connectivity index (χ3v) is 7.63. The quantitative estimate of drug-likeness (QED) is 0.112. The van der Waals surface area contributed by atoms with Crippen LogP contribution in [-0.2, 0) is 9.53 Å². The zero-order chi connectivity index (χ0) is 30.7. The number of hydrogen-bond acceptors (Lipinski definition) is 10. The third-order valence-electron chi connectivity index (χ3n) is 6.64. The normalized spacial score (nSPS) is 14.6. The number of furan rings is 1. The molecule has 12 heteroatoms. The molecule has 0 aliphatic carbocycles. The van der Waals surface area contributed by atoms with Crippen molar-refractivity contribution in [3.63, 3.8) is 0 Å². The summed E-state index contributed by atoms with van der Waals surface area (Å²) in [5.74, 6) is 1.12. The molecule has 0 bridgehead atoms. The second-order valence-electron chi connectivity index (χ2n) is 9.31. The number of carbonyl (C=O) groups excluding carboxylic acids is 1. The Balaban J connectivity index is 1.58. The van der Waals surface area contributed by atoms with E-state index in [9.17, 15) is 19.7 Å². The van der Waals surface area contributed by atoms with Crippen LogP contribution in [0.1, 0.15) is 31.2 Å². The Morgan fingerprint density at radius 1 is 1.21 bits per heavy atom. The summed E-state index contributed by atoms with van der Waals surface area (Å²) in [6.07, 6.45) is 3.24. The van der Waals surface area contributed by atoms with Crippen molar-refractivity contribution in [2.24, 2.45) is 4.99 Å². The van der Waals surface area contributed by atoms with E-state index in [1.165, 1.54) is 23.8 Å². The van der Waals surface area contributed by atoms with E-state index in [1.807, 2.05) is 0 Å². The maximum Gasteiger partial charge on any atom is 0.338 e. The first-order valence-corrected chi connectivity index (χ1v) is 14.0. The van der Waals surface area contributed by atoms with Crippen molar-refractivity contribution < 1.29 is 28.3 Å². The first-order valence-electron chi connectivity index (χ1n) is 13.2. The molecule has 0 saturated carbocycles. The standard InChI is InChI=1S/C31H27N3O8S/c1-5-15-41-21-10-7-19(8-11-21)28-27(30(36)40-6-2)18(3)32-31-33(28)29(35)26(43-31)17-22-12-14-24(42-22)23-13-9-20(34(37)38)16-25(23)39-4/h5,7-14,16-17,28H,1,6,15H2,2-4H3/b26-17-/t28-/m0/s1. The molecule has 0 amide bonds. The maximum absolute atomic E-state index is 13.9. The van der Waals surface area contributed by atoms with Gasteiger partial charge in [0.1, 0.15) is 29.6 Å². The number of nitro benzene ring substituents is 1. The lowest BCUT2D eigenvalue weighted by Gasteiger charge is -2.24. The highest BCUT2D eigenvalue weighted by Crippen LogP contribution is 2.35. The van der Waals surface area contributed by atoms with Crippen LogP contribution in [0.3, 0.4) is 0 Å². The monoisotopic (exact) mass is 601 g/mol. The number of hydrogen-bond donors (Lipinski definition) is 0. The molecule has 1 atom stereocenters. The van der Waals surface area contributed by atoms with Crippen molar-refractivity contribution in [3.8, 4) is 22.8 Å². The molecule has 43 heavy (non-hydrogen) atoms. The summed E-state index contributed by atoms with van der Waals surface area (Å²) in [6, 6.07) is 14.0. The fraction of sp³-hybridized carbons (Fsp3) is 0.194. The average Bonchev–Trinajstić information content (AvgIpc) is 3.59. The number of esters is 1. The Morgan fingerprint density at radius 2 is 1.98 bits per heavy atom. The Kier molecular flexibility index (Phi) is 8.39. The molecule has 4 aromatic rings. The Bertz CT molecular complexity index is 1930. The minimum atomic E-state index is -0.776. The fourth-order valence-electron chi connectivity index (χ4n) is 4.71. The van der Waals surface area contributed by atoms with Gasteiger partial charge in [-0.15, -0.1) is 0 Å². The van der Waals surface area contributed by atoms with E-state index in [0.717, 1.165) is 11.3 Å². The van der Waals surface area contributed by atoms with Crippen LogP contribution in [0, 0.1) is 10.1 Å². The van der Waals surface area contributed by atoms with Gasteiger partial charge in [-0.25, -0.2) is 9.79 Å². The summed E-state index contributed by atoms with van der Waals surface area (Å²) in [5, 5.41) is 11.2. The van der Waals surface area contributed by atoms with E-state index in [4.69, 9.17) is 18.6 Å². The highest BCUT2D eigenvalue weighted by atomic mass is 32.1. The Hall–Kier alpha value is -5.23. The first kappa shape index (κ1) is 29.3. The topological polar surface area (TPSA) is 135 Å². The molecule has 3 heterocycles. The molecule has 2 aromatic carbocycles. The molecule has 1 aliphatic rings. The first-order chi connectivity index (χ1) is 20.7. The van der Waals surface area contributed by atoms with E-state index in [2.05, 4.69) is 11.6 Å². The molecule has 0 radical (unpaired) electrons. The minimum Gasteiger partial charge on any atom is -0.496 e. The smallest absolute Gasteiger partial charge is 0.338 e. The molecular weight excluding hydrogens is 574 g/mol. The summed E-state index contributed by atoms with van der Waals surface area (Å²) in [6.45, 7) is 7.60. The molecule has 0 saturated heterocycles. The molecule has 11 nitrogen and oxygen atoms in total. The van der Waals surface area contributed by atoms with Crippen LogP contribution in [0.4, 0.5) is 5.69 Å². The number of non-ortho nitro benzene ring substituents is 1. The van der Waals surface area contributed by atoms with E-state index >= 15 is 0 Å². The van der Waals surface area contributed by atoms with Gasteiger partial charge in [0, 0.05) is 12.1 Å². The van der Waals surface area contributed by atoms with E-state index in [-0.39, 0.29) is 29.2 Å². The van der Waals surface area contributed by atoms with Crippen molar-refractivity contribution in [2.45, 2.75) is 19.9 Å². The SMILES string of the molecule is C=CCOc1ccc([C@H]2C(C(=O)OCC)=C(C)N=c3s/c(=C\c4ccc(-c5ccc([N+](=O)[O-])cc5OC)o4)c(=O)n32)cc1. The molecule has 0 N–H and O–H groups in total. The number of nitrogens with zero attached hydrogens (tertiary/aromatic N) is 3. The van der Waals surface area contributed by atoms with Crippen LogP contribution in [0.25, 0.3) is 17.4 Å². The summed E-state index contributed by atoms with van der Waals surface area (Å²) in [5.41, 5.74) is 1.45. The average molecular weight is 602 g/mol. The van der Waals surface area contributed by atoms with Gasteiger partial charge < -0.3 is 18.6 Å². The molecule has 0 spiro atoms. The number of nitro groups is 1. The van der Waals surface area contributed by atoms with E-state index < -0.39 is 16.9 Å². The lowest BCUT2D eigenvalue weighted by atomic mass is 9.96. The predicted molar refractivity (Wildman–Crippen MR) is 160 cm³/mol. The lowest BCUT2D eigenvalue weighted by Crippen LogP contribution is -2.39. The number of ether oxygens (including phenoxy) is 3. The Morgan fingerprint density at radius 3 is 2.65 bits per heavy atom. The van der Waals surface area contributed by atoms with Gasteiger partial charge in [0.15, 0.2) is 4.80 Å². The zero-order valence-electron chi connectivity index (χ0n) is 23.6. The summed E-state index contributed by atoms with van der Waals surface area (Å²) in [4.78, 5) is 42.6. The molecule has 2 aromatic heterocycles. The summed E-state index contributed by atoms with van der Waals surface area (Å²) >= 11 is 1.16. The van der Waals surface area contributed by atoms with Gasteiger partial charge in [-0.05, 0) is 49.7 Å². The van der Waals surface area contributed by atoms with E-state index in [1.54, 1.807) is 68.5 Å². The van der Waals surface area contributed by atoms with Gasteiger partial charge in [-0.1, -0.05) is 36.1 Å². The fourth-order valence-corrected chi connectivity index (χ4v) is 5.74. The number of fused-ring (bicyclic) bond motifs is 1. The van der Waals surface area contributed by atoms with Crippen LogP contribution >= 0.6 is 11.3 Å². The Labute approximate surface area is 249 Å². The lowest BCUT2D eigenvalue weighted by molar-refractivity contribution is -0.384. The third kappa shape index (κ3) is 5.77. The zero-order valence-corrected chi connectivity index (χ0v) is 24.4. The van der Waals surface area contributed by atoms with Crippen molar-refractivity contribution in [1.82, 2.24) is 4.57 Å². The summed E-state index contributed by atoms with van der Waals surface area (Å²) < 4.78 is 24.1. The maximum atomic E-state index is 13.9. The van der Waals surface area contributed by atoms with Gasteiger partial charge in [-0.2, -0.15) is 0 Å². The van der Waals surface area contributed by atoms with Gasteiger partial charge >= 0.3 is 5.97 Å². The van der Waals surface area contributed by atoms with Crippen LogP contribution in [-0.4, -0.2) is 35.8 Å². The number of methoxy groups -OCH3 is 1. The number of carbonyl (C=O) groups is 1. The van der Waals surface area contributed by atoms with Gasteiger partial charge in [0.25, 0.3) is 11.2 Å². The molecule has 220 valence electrons. The van der Waals surface area contributed by atoms with Crippen LogP contribution in [0.15, 0.2) is 92.7 Å². The molecule has 1 aliphatic heterocycles. The predicted octanol–water partition coefficient (Wildman–Crippen LogP) is 4.54. The highest BCUT2D eigenvalue weighted by Gasteiger charge is 2.33. The van der Waals surface area contributed by atoms with Gasteiger partial charge in [0.05, 0.1) is 52.1 Å². The molecule has 0 unspecified atom stereocenters. The molecule has 5 rings (SSSR count). The van der Waals surface area contributed by atoms with E-state index in [0.29, 0.717) is 50.0 Å². The molecular formula is C31H27N3O8S. The second kappa shape index (κ2) is 12.3. The number of thiazole rings is 1. The number of aromatic nitrogens is 1. The van der Waals surface area contributed by atoms with Gasteiger partial charge in [-0.3, -0.25) is 19.5 Å². The highest BCUT2D eigenvalue weighted by molar-refractivity contribution is 7.07. The van der Waals surface area contributed by atoms with Crippen LogP contribution in [0.2, 0.25) is 0 Å². The van der Waals surface area contributed by atoms with Crippen molar-refractivity contribution in [1.29, 1.82) is 0 Å². The van der Waals surface area contributed by atoms with Gasteiger partial charge in [0.2, 0.25) is 0 Å². The number of rotatable bonds is 10. The van der Waals surface area contributed by atoms with Crippen molar-refractivity contribution in [2.75, 3.05) is 20.3 Å². The number of allylic oxidation sites excluding steroid dienone is 1. The molecule has 0 fully saturated rings. The minimum absolute atomic E-state index is 0.112. The van der Waals surface area contributed by atoms with Crippen LogP contribution in [0.5, 0.6) is 11.5 Å². The second-order valence-corrected chi connectivity index (χ2v) is 10.3.